The van der Waals surface area contributed by atoms with Crippen molar-refractivity contribution in [1.29, 1.82) is 5.26 Å². The van der Waals surface area contributed by atoms with Crippen LogP contribution in [0.15, 0.2) is 30.3 Å². The summed E-state index contributed by atoms with van der Waals surface area (Å²) < 4.78 is 0. The number of hydrogen-bond donors (Lipinski definition) is 0. The average Bonchev–Trinajstić information content (AvgIpc) is 2.38. The Hall–Kier alpha value is -1.86. The largest absolute Gasteiger partial charge is 0.273 e. The number of amides is 1. The fraction of sp³-hybridized carbons (Fsp3) is 0.429. The van der Waals surface area contributed by atoms with Gasteiger partial charge in [0.05, 0.1) is 6.07 Å². The Balaban J connectivity index is 2.34. The van der Waals surface area contributed by atoms with Crippen LogP contribution < -0.4 is 0 Å². The van der Waals surface area contributed by atoms with Gasteiger partial charge in [-0.25, -0.2) is 5.06 Å². The molecule has 4 nitrogen and oxygen atoms in total. The summed E-state index contributed by atoms with van der Waals surface area (Å²) >= 11 is 0. The molecule has 1 rings (SSSR count). The van der Waals surface area contributed by atoms with E-state index in [1.165, 1.54) is 12.0 Å². The van der Waals surface area contributed by atoms with E-state index in [1.807, 2.05) is 30.3 Å². The molecule has 0 atom stereocenters. The molecule has 0 aromatic heterocycles. The number of hydrogen-bond acceptors (Lipinski definition) is 3. The van der Waals surface area contributed by atoms with Gasteiger partial charge in [0, 0.05) is 19.9 Å². The molecular formula is C14H18N2O2. The molecule has 0 saturated carbocycles. The van der Waals surface area contributed by atoms with Gasteiger partial charge in [0.15, 0.2) is 0 Å². The minimum Gasteiger partial charge on any atom is -0.273 e. The summed E-state index contributed by atoms with van der Waals surface area (Å²) in [5.74, 6) is -0.108. The van der Waals surface area contributed by atoms with Gasteiger partial charge in [-0.1, -0.05) is 30.3 Å². The van der Waals surface area contributed by atoms with Gasteiger partial charge in [-0.05, 0) is 18.4 Å². The first-order chi connectivity index (χ1) is 8.74. The van der Waals surface area contributed by atoms with Gasteiger partial charge in [0.2, 0.25) is 5.91 Å². The van der Waals surface area contributed by atoms with E-state index in [1.54, 1.807) is 0 Å². The Kier molecular flexibility index (Phi) is 6.52. The second kappa shape index (κ2) is 8.26. The van der Waals surface area contributed by atoms with E-state index in [9.17, 15) is 4.79 Å². The molecule has 0 saturated heterocycles. The third kappa shape index (κ3) is 5.46. The minimum absolute atomic E-state index is 0.108. The van der Waals surface area contributed by atoms with Crippen molar-refractivity contribution in [1.82, 2.24) is 5.06 Å². The summed E-state index contributed by atoms with van der Waals surface area (Å²) in [6, 6.07) is 11.8. The highest BCUT2D eigenvalue weighted by atomic mass is 16.7. The standard InChI is InChI=1S/C14H18N2O2/c1-13(17)16(11-7-3-6-10-15)18-12-14-8-4-2-5-9-14/h2,4-5,8-9H,3,6-7,11-12H2,1H3. The number of rotatable bonds is 7. The van der Waals surface area contributed by atoms with E-state index in [0.717, 1.165) is 18.4 Å². The van der Waals surface area contributed by atoms with Crippen LogP contribution in [0.1, 0.15) is 31.7 Å². The number of nitrogens with zero attached hydrogens (tertiary/aromatic N) is 2. The molecular weight excluding hydrogens is 228 g/mol. The molecule has 0 fully saturated rings. The Labute approximate surface area is 108 Å². The van der Waals surface area contributed by atoms with Crippen LogP contribution in [-0.2, 0) is 16.2 Å². The molecule has 1 aromatic carbocycles. The van der Waals surface area contributed by atoms with Crippen LogP contribution in [-0.4, -0.2) is 17.5 Å². The molecule has 1 aromatic rings. The normalized spacial score (nSPS) is 9.78. The Morgan fingerprint density at radius 3 is 2.67 bits per heavy atom. The Morgan fingerprint density at radius 1 is 1.33 bits per heavy atom. The Bertz CT molecular complexity index is 398. The quantitative estimate of drug-likeness (QED) is 0.549. The molecule has 0 bridgehead atoms. The molecule has 0 unspecified atom stereocenters. The lowest BCUT2D eigenvalue weighted by Crippen LogP contribution is -2.29. The van der Waals surface area contributed by atoms with Gasteiger partial charge in [-0.2, -0.15) is 5.26 Å². The Morgan fingerprint density at radius 2 is 2.06 bits per heavy atom. The smallest absolute Gasteiger partial charge is 0.243 e. The summed E-state index contributed by atoms with van der Waals surface area (Å²) in [6.07, 6.45) is 2.08. The molecule has 0 aliphatic carbocycles. The van der Waals surface area contributed by atoms with Gasteiger partial charge in [0.25, 0.3) is 0 Å². The fourth-order valence-electron chi connectivity index (χ4n) is 1.50. The zero-order chi connectivity index (χ0) is 13.2. The van der Waals surface area contributed by atoms with Crippen molar-refractivity contribution in [3.8, 4) is 6.07 Å². The highest BCUT2D eigenvalue weighted by Crippen LogP contribution is 2.05. The van der Waals surface area contributed by atoms with E-state index in [0.29, 0.717) is 19.6 Å². The maximum atomic E-state index is 11.4. The van der Waals surface area contributed by atoms with Gasteiger partial charge in [-0.3, -0.25) is 9.63 Å². The average molecular weight is 246 g/mol. The molecule has 0 N–H and O–H groups in total. The molecule has 0 aliphatic heterocycles. The number of nitriles is 1. The first-order valence-corrected chi connectivity index (χ1v) is 6.06. The number of hydroxylamine groups is 2. The van der Waals surface area contributed by atoms with Crippen LogP contribution in [0.2, 0.25) is 0 Å². The number of carbonyl (C=O) groups is 1. The third-order valence-electron chi connectivity index (χ3n) is 2.48. The van der Waals surface area contributed by atoms with Crippen molar-refractivity contribution in [2.45, 2.75) is 32.8 Å². The second-order valence-electron chi connectivity index (χ2n) is 4.00. The van der Waals surface area contributed by atoms with Crippen molar-refractivity contribution in [2.24, 2.45) is 0 Å². The zero-order valence-corrected chi connectivity index (χ0v) is 10.6. The van der Waals surface area contributed by atoms with Crippen molar-refractivity contribution in [2.75, 3.05) is 6.54 Å². The molecule has 1 amide bonds. The maximum absolute atomic E-state index is 11.4. The fourth-order valence-corrected chi connectivity index (χ4v) is 1.50. The van der Waals surface area contributed by atoms with E-state index in [-0.39, 0.29) is 5.91 Å². The summed E-state index contributed by atoms with van der Waals surface area (Å²) in [5.41, 5.74) is 1.03. The highest BCUT2D eigenvalue weighted by molar-refractivity contribution is 5.71. The lowest BCUT2D eigenvalue weighted by atomic mass is 10.2. The molecule has 4 heteroatoms. The van der Waals surface area contributed by atoms with E-state index < -0.39 is 0 Å². The molecule has 0 spiro atoms. The first kappa shape index (κ1) is 14.2. The maximum Gasteiger partial charge on any atom is 0.243 e. The molecule has 18 heavy (non-hydrogen) atoms. The summed E-state index contributed by atoms with van der Waals surface area (Å²) in [6.45, 7) is 2.40. The minimum atomic E-state index is -0.108. The van der Waals surface area contributed by atoms with Crippen LogP contribution in [0, 0.1) is 11.3 Å². The molecule has 96 valence electrons. The van der Waals surface area contributed by atoms with Crippen LogP contribution in [0.25, 0.3) is 0 Å². The van der Waals surface area contributed by atoms with Crippen LogP contribution >= 0.6 is 0 Å². The summed E-state index contributed by atoms with van der Waals surface area (Å²) in [7, 11) is 0. The van der Waals surface area contributed by atoms with Gasteiger partial charge < -0.3 is 0 Å². The predicted octanol–water partition coefficient (Wildman–Crippen LogP) is 2.66. The number of benzene rings is 1. The predicted molar refractivity (Wildman–Crippen MR) is 68.1 cm³/mol. The van der Waals surface area contributed by atoms with Gasteiger partial charge in [-0.15, -0.1) is 0 Å². The lowest BCUT2D eigenvalue weighted by Gasteiger charge is -2.20. The highest BCUT2D eigenvalue weighted by Gasteiger charge is 2.08. The van der Waals surface area contributed by atoms with Crippen molar-refractivity contribution >= 4 is 5.91 Å². The molecule has 0 heterocycles. The van der Waals surface area contributed by atoms with E-state index >= 15 is 0 Å². The third-order valence-corrected chi connectivity index (χ3v) is 2.48. The molecule has 0 aliphatic rings. The second-order valence-corrected chi connectivity index (χ2v) is 4.00. The SMILES string of the molecule is CC(=O)N(CCCCC#N)OCc1ccccc1. The van der Waals surface area contributed by atoms with Crippen molar-refractivity contribution < 1.29 is 9.63 Å². The van der Waals surface area contributed by atoms with Crippen LogP contribution in [0.4, 0.5) is 0 Å². The molecule has 0 radical (unpaired) electrons. The topological polar surface area (TPSA) is 53.3 Å². The van der Waals surface area contributed by atoms with Crippen LogP contribution in [0.3, 0.4) is 0 Å². The monoisotopic (exact) mass is 246 g/mol. The van der Waals surface area contributed by atoms with E-state index in [2.05, 4.69) is 6.07 Å². The van der Waals surface area contributed by atoms with Gasteiger partial charge >= 0.3 is 0 Å². The number of unbranched alkanes of at least 4 members (excludes halogenated alkanes) is 2. The van der Waals surface area contributed by atoms with Crippen LogP contribution in [0.5, 0.6) is 0 Å². The van der Waals surface area contributed by atoms with Gasteiger partial charge in [0.1, 0.15) is 6.61 Å². The van der Waals surface area contributed by atoms with Crippen molar-refractivity contribution in [3.05, 3.63) is 35.9 Å². The summed E-state index contributed by atoms with van der Waals surface area (Å²) in [5, 5.41) is 9.80. The van der Waals surface area contributed by atoms with Crippen molar-refractivity contribution in [3.63, 3.8) is 0 Å². The number of carbonyl (C=O) groups excluding carboxylic acids is 1. The summed E-state index contributed by atoms with van der Waals surface area (Å²) in [4.78, 5) is 16.8. The van der Waals surface area contributed by atoms with E-state index in [4.69, 9.17) is 10.1 Å². The lowest BCUT2D eigenvalue weighted by molar-refractivity contribution is -0.189. The first-order valence-electron chi connectivity index (χ1n) is 6.06. The zero-order valence-electron chi connectivity index (χ0n) is 10.6.